The molecule has 0 aromatic heterocycles. The van der Waals surface area contributed by atoms with Crippen molar-refractivity contribution in [2.45, 2.75) is 27.7 Å². The number of rotatable bonds is 3. The van der Waals surface area contributed by atoms with Gasteiger partial charge in [0.1, 0.15) is 0 Å². The van der Waals surface area contributed by atoms with Crippen molar-refractivity contribution in [1.82, 2.24) is 0 Å². The van der Waals surface area contributed by atoms with Gasteiger partial charge in [-0.25, -0.2) is 4.79 Å². The van der Waals surface area contributed by atoms with E-state index in [4.69, 9.17) is 0 Å². The Kier molecular flexibility index (Phi) is 5.30. The molecule has 4 heteroatoms. The molecular weight excluding hydrogens is 280 g/mol. The van der Waals surface area contributed by atoms with Crippen LogP contribution in [0.1, 0.15) is 33.3 Å². The number of carboxylic acid groups (broad SMARTS) is 1. The second-order valence-electron chi connectivity index (χ2n) is 6.30. The minimum absolute atomic E-state index is 0.367. The molecule has 1 N–H and O–H groups in total. The molecule has 108 valence electrons. The fourth-order valence-corrected chi connectivity index (χ4v) is 3.98. The summed E-state index contributed by atoms with van der Waals surface area (Å²) in [5.41, 5.74) is 3.34. The van der Waals surface area contributed by atoms with E-state index in [1.54, 1.807) is 0 Å². The molecule has 0 heterocycles. The van der Waals surface area contributed by atoms with E-state index in [1.165, 1.54) is 4.82 Å². The third-order valence-corrected chi connectivity index (χ3v) is 4.28. The Morgan fingerprint density at radius 3 is 1.95 bits per heavy atom. The minimum Gasteiger partial charge on any atom is -0.478 e. The van der Waals surface area contributed by atoms with Crippen molar-refractivity contribution in [1.29, 1.82) is 0 Å². The summed E-state index contributed by atoms with van der Waals surface area (Å²) in [6.45, 7) is 7.83. The van der Waals surface area contributed by atoms with E-state index < -0.39 is 5.97 Å². The SMILES string of the molecule is CC(C(=C([SiH3])[SiH3])c1ccccc1)=C(C(=O)O)C(C)(C)C. The van der Waals surface area contributed by atoms with Gasteiger partial charge < -0.3 is 5.11 Å². The van der Waals surface area contributed by atoms with E-state index in [-0.39, 0.29) is 5.41 Å². The first-order valence-corrected chi connectivity index (χ1v) is 8.84. The van der Waals surface area contributed by atoms with Crippen LogP contribution in [-0.2, 0) is 4.79 Å². The van der Waals surface area contributed by atoms with Crippen molar-refractivity contribution in [3.63, 3.8) is 0 Å². The summed E-state index contributed by atoms with van der Waals surface area (Å²) in [7, 11) is 1.96. The number of hydrogen-bond acceptors (Lipinski definition) is 1. The topological polar surface area (TPSA) is 37.3 Å². The largest absolute Gasteiger partial charge is 0.478 e. The Labute approximate surface area is 127 Å². The van der Waals surface area contributed by atoms with Gasteiger partial charge in [-0.15, -0.1) is 4.82 Å². The molecule has 0 spiro atoms. The summed E-state index contributed by atoms with van der Waals surface area (Å²) in [5.74, 6) is -0.812. The van der Waals surface area contributed by atoms with E-state index in [0.717, 1.165) is 37.2 Å². The molecule has 0 aliphatic heterocycles. The van der Waals surface area contributed by atoms with Crippen LogP contribution < -0.4 is 0 Å². The first-order chi connectivity index (χ1) is 9.16. The highest BCUT2D eigenvalue weighted by molar-refractivity contribution is 6.51. The number of carbonyl (C=O) groups is 1. The molecule has 0 saturated carbocycles. The maximum Gasteiger partial charge on any atom is 0.332 e. The van der Waals surface area contributed by atoms with Gasteiger partial charge in [0.15, 0.2) is 0 Å². The Hall–Kier alpha value is -1.40. The zero-order chi connectivity index (χ0) is 15.5. The molecule has 0 saturated heterocycles. The molecule has 0 radical (unpaired) electrons. The summed E-state index contributed by atoms with van der Waals surface area (Å²) in [6.07, 6.45) is 0. The van der Waals surface area contributed by atoms with Crippen molar-refractivity contribution >= 4 is 32.0 Å². The van der Waals surface area contributed by atoms with Crippen molar-refractivity contribution in [3.05, 3.63) is 51.9 Å². The van der Waals surface area contributed by atoms with Crippen LogP contribution in [-0.4, -0.2) is 31.6 Å². The predicted molar refractivity (Wildman–Crippen MR) is 93.0 cm³/mol. The van der Waals surface area contributed by atoms with Gasteiger partial charge in [0, 0.05) is 26.1 Å². The quantitative estimate of drug-likeness (QED) is 0.522. The maximum absolute atomic E-state index is 11.7. The third kappa shape index (κ3) is 3.80. The van der Waals surface area contributed by atoms with Crippen LogP contribution >= 0.6 is 0 Å². The van der Waals surface area contributed by atoms with Gasteiger partial charge >= 0.3 is 5.97 Å². The number of allylic oxidation sites excluding steroid dienone is 2. The maximum atomic E-state index is 11.7. The van der Waals surface area contributed by atoms with Crippen molar-refractivity contribution in [2.75, 3.05) is 0 Å². The van der Waals surface area contributed by atoms with Crippen LogP contribution in [0.15, 0.2) is 46.3 Å². The first-order valence-electron chi connectivity index (χ1n) is 6.84. The van der Waals surface area contributed by atoms with Gasteiger partial charge in [-0.3, -0.25) is 0 Å². The molecule has 2 nitrogen and oxygen atoms in total. The van der Waals surface area contributed by atoms with Crippen LogP contribution in [0.3, 0.4) is 0 Å². The lowest BCUT2D eigenvalue weighted by Gasteiger charge is -2.24. The van der Waals surface area contributed by atoms with Gasteiger partial charge in [0.2, 0.25) is 0 Å². The third-order valence-electron chi connectivity index (χ3n) is 3.28. The molecular formula is C16H24O2Si2. The first kappa shape index (κ1) is 16.7. The van der Waals surface area contributed by atoms with E-state index in [2.05, 4.69) is 12.1 Å². The predicted octanol–water partition coefficient (Wildman–Crippen LogP) is 1.53. The van der Waals surface area contributed by atoms with Crippen LogP contribution in [0.4, 0.5) is 0 Å². The van der Waals surface area contributed by atoms with E-state index in [1.807, 2.05) is 45.9 Å². The standard InChI is InChI=1S/C16H24O2Si2/c1-10(13(14(17)18)16(2,3)4)12(15(19)20)11-8-6-5-7-9-11/h5-9H,1-4,19-20H3,(H,17,18). The molecule has 1 aromatic rings. The number of benzene rings is 1. The molecule has 1 aromatic carbocycles. The van der Waals surface area contributed by atoms with E-state index in [0.29, 0.717) is 5.57 Å². The Bertz CT molecular complexity index is 560. The van der Waals surface area contributed by atoms with Crippen LogP contribution in [0.5, 0.6) is 0 Å². The fourth-order valence-electron chi connectivity index (χ4n) is 2.65. The highest BCUT2D eigenvalue weighted by atomic mass is 28.2. The van der Waals surface area contributed by atoms with E-state index >= 15 is 0 Å². The second-order valence-corrected chi connectivity index (χ2v) is 11.3. The van der Waals surface area contributed by atoms with Crippen LogP contribution in [0.2, 0.25) is 0 Å². The number of hydrogen-bond donors (Lipinski definition) is 1. The lowest BCUT2D eigenvalue weighted by Crippen LogP contribution is -2.20. The van der Waals surface area contributed by atoms with Gasteiger partial charge in [-0.05, 0) is 29.0 Å². The van der Waals surface area contributed by atoms with Crippen LogP contribution in [0, 0.1) is 5.41 Å². The Balaban J connectivity index is 3.59. The van der Waals surface area contributed by atoms with Crippen molar-refractivity contribution in [3.8, 4) is 0 Å². The Morgan fingerprint density at radius 1 is 1.10 bits per heavy atom. The molecule has 0 unspecified atom stereocenters. The van der Waals surface area contributed by atoms with Crippen LogP contribution in [0.25, 0.3) is 5.57 Å². The lowest BCUT2D eigenvalue weighted by atomic mass is 9.81. The fraction of sp³-hybridized carbons (Fsp3) is 0.312. The van der Waals surface area contributed by atoms with Gasteiger partial charge in [-0.1, -0.05) is 51.1 Å². The average Bonchev–Trinajstić information content (AvgIpc) is 2.27. The summed E-state index contributed by atoms with van der Waals surface area (Å²) < 4.78 is 0. The lowest BCUT2D eigenvalue weighted by molar-refractivity contribution is -0.133. The summed E-state index contributed by atoms with van der Waals surface area (Å²) >= 11 is 0. The molecule has 0 aliphatic rings. The van der Waals surface area contributed by atoms with E-state index in [9.17, 15) is 9.90 Å². The summed E-state index contributed by atoms with van der Waals surface area (Å²) in [4.78, 5) is 13.1. The molecule has 0 atom stereocenters. The zero-order valence-corrected chi connectivity index (χ0v) is 17.2. The summed E-state index contributed by atoms with van der Waals surface area (Å²) in [6, 6.07) is 10.1. The Morgan fingerprint density at radius 2 is 1.60 bits per heavy atom. The number of carboxylic acids is 1. The molecule has 0 amide bonds. The summed E-state index contributed by atoms with van der Waals surface area (Å²) in [5, 5.41) is 9.60. The molecule has 1 rings (SSSR count). The normalized spacial score (nSPS) is 13.0. The van der Waals surface area contributed by atoms with Gasteiger partial charge in [-0.2, -0.15) is 0 Å². The molecule has 0 bridgehead atoms. The van der Waals surface area contributed by atoms with Gasteiger partial charge in [0.05, 0.1) is 0 Å². The highest BCUT2D eigenvalue weighted by Gasteiger charge is 2.27. The second kappa shape index (κ2) is 6.37. The molecule has 20 heavy (non-hydrogen) atoms. The zero-order valence-electron chi connectivity index (χ0n) is 13.2. The molecule has 0 fully saturated rings. The van der Waals surface area contributed by atoms with Crippen molar-refractivity contribution in [2.24, 2.45) is 5.41 Å². The monoisotopic (exact) mass is 304 g/mol. The highest BCUT2D eigenvalue weighted by Crippen LogP contribution is 2.35. The number of aliphatic carboxylic acids is 1. The van der Waals surface area contributed by atoms with Crippen molar-refractivity contribution < 1.29 is 9.90 Å². The smallest absolute Gasteiger partial charge is 0.332 e. The minimum atomic E-state index is -0.812. The molecule has 0 aliphatic carbocycles. The average molecular weight is 305 g/mol. The van der Waals surface area contributed by atoms with Gasteiger partial charge in [0.25, 0.3) is 0 Å².